The third kappa shape index (κ3) is 3.15. The van der Waals surface area contributed by atoms with E-state index in [2.05, 4.69) is 18.5 Å². The van der Waals surface area contributed by atoms with Crippen molar-refractivity contribution in [3.05, 3.63) is 25.3 Å². The minimum atomic E-state index is -3.36. The Hall–Kier alpha value is -0.690. The van der Waals surface area contributed by atoms with Gasteiger partial charge in [-0.05, 0) is 0 Å². The Bertz CT molecular complexity index is 324. The summed E-state index contributed by atoms with van der Waals surface area (Å²) in [6.45, 7) is 10.2. The maximum atomic E-state index is 12.2. The van der Waals surface area contributed by atoms with Gasteiger partial charge in [0, 0.05) is 39.3 Å². The molecule has 1 aliphatic rings. The number of hydrogen-bond acceptors (Lipinski definition) is 3. The summed E-state index contributed by atoms with van der Waals surface area (Å²) in [6.07, 6.45) is 3.17. The van der Waals surface area contributed by atoms with Crippen molar-refractivity contribution in [1.29, 1.82) is 0 Å². The molecule has 5 nitrogen and oxygen atoms in total. The Morgan fingerprint density at radius 3 is 2.12 bits per heavy atom. The maximum Gasteiger partial charge on any atom is 0.282 e. The fourth-order valence-electron chi connectivity index (χ4n) is 1.59. The van der Waals surface area contributed by atoms with Crippen LogP contribution in [0.15, 0.2) is 25.3 Å². The van der Waals surface area contributed by atoms with E-state index in [4.69, 9.17) is 0 Å². The Balaban J connectivity index is 2.78. The highest BCUT2D eigenvalue weighted by molar-refractivity contribution is 7.86. The van der Waals surface area contributed by atoms with Gasteiger partial charge >= 0.3 is 0 Å². The zero-order valence-electron chi connectivity index (χ0n) is 9.43. The van der Waals surface area contributed by atoms with Crippen LogP contribution in [-0.2, 0) is 10.2 Å². The van der Waals surface area contributed by atoms with Crippen LogP contribution in [0.2, 0.25) is 0 Å². The average molecular weight is 245 g/mol. The summed E-state index contributed by atoms with van der Waals surface area (Å²) in [7, 11) is -3.36. The van der Waals surface area contributed by atoms with E-state index < -0.39 is 10.2 Å². The van der Waals surface area contributed by atoms with Crippen LogP contribution < -0.4 is 5.32 Å². The minimum absolute atomic E-state index is 0.318. The smallest absolute Gasteiger partial charge is 0.282 e. The first kappa shape index (κ1) is 13.4. The van der Waals surface area contributed by atoms with Gasteiger partial charge in [0.25, 0.3) is 10.2 Å². The van der Waals surface area contributed by atoms with Gasteiger partial charge in [0.1, 0.15) is 0 Å². The highest BCUT2D eigenvalue weighted by Gasteiger charge is 2.28. The predicted molar refractivity (Wildman–Crippen MR) is 65.3 cm³/mol. The van der Waals surface area contributed by atoms with Crippen LogP contribution in [0, 0.1) is 0 Å². The number of nitrogens with zero attached hydrogens (tertiary/aromatic N) is 2. The van der Waals surface area contributed by atoms with Crippen molar-refractivity contribution in [2.75, 3.05) is 39.3 Å². The Kier molecular flexibility index (Phi) is 5.14. The topological polar surface area (TPSA) is 52.7 Å². The van der Waals surface area contributed by atoms with Crippen molar-refractivity contribution in [2.24, 2.45) is 0 Å². The first-order chi connectivity index (χ1) is 7.62. The molecule has 6 heteroatoms. The molecule has 1 rings (SSSR count). The number of hydrogen-bond donors (Lipinski definition) is 1. The van der Waals surface area contributed by atoms with Crippen molar-refractivity contribution in [1.82, 2.24) is 13.9 Å². The van der Waals surface area contributed by atoms with E-state index in [-0.39, 0.29) is 0 Å². The van der Waals surface area contributed by atoms with E-state index in [1.807, 2.05) is 0 Å². The zero-order valence-corrected chi connectivity index (χ0v) is 10.2. The maximum absolute atomic E-state index is 12.2. The first-order valence-corrected chi connectivity index (χ1v) is 6.70. The second-order valence-corrected chi connectivity index (χ2v) is 5.48. The lowest BCUT2D eigenvalue weighted by Gasteiger charge is -2.31. The summed E-state index contributed by atoms with van der Waals surface area (Å²) in [5, 5.41) is 3.12. The molecule has 1 fully saturated rings. The first-order valence-electron chi connectivity index (χ1n) is 5.30. The lowest BCUT2D eigenvalue weighted by molar-refractivity contribution is 0.326. The SMILES string of the molecule is C=CCN(CC=C)S(=O)(=O)N1CCNCC1. The molecular weight excluding hydrogens is 226 g/mol. The largest absolute Gasteiger partial charge is 0.314 e. The molecule has 0 amide bonds. The average Bonchev–Trinajstić information content (AvgIpc) is 2.30. The molecule has 0 unspecified atom stereocenters. The molecule has 0 aromatic heterocycles. The fourth-order valence-corrected chi connectivity index (χ4v) is 3.15. The number of rotatable bonds is 6. The molecule has 1 aliphatic heterocycles. The summed E-state index contributed by atoms with van der Waals surface area (Å²) < 4.78 is 27.3. The molecule has 1 heterocycles. The summed E-state index contributed by atoms with van der Waals surface area (Å²) in [6, 6.07) is 0. The molecule has 1 N–H and O–H groups in total. The highest BCUT2D eigenvalue weighted by Crippen LogP contribution is 2.09. The molecule has 1 saturated heterocycles. The Labute approximate surface area is 97.6 Å². The molecule has 0 aliphatic carbocycles. The summed E-state index contributed by atoms with van der Waals surface area (Å²) in [5.41, 5.74) is 0. The normalized spacial score (nSPS) is 18.6. The second kappa shape index (κ2) is 6.15. The van der Waals surface area contributed by atoms with Gasteiger partial charge in [-0.15, -0.1) is 13.2 Å². The van der Waals surface area contributed by atoms with Gasteiger partial charge in [-0.25, -0.2) is 0 Å². The molecule has 0 radical (unpaired) electrons. The van der Waals surface area contributed by atoms with E-state index in [0.29, 0.717) is 39.3 Å². The van der Waals surface area contributed by atoms with Crippen molar-refractivity contribution in [3.63, 3.8) is 0 Å². The van der Waals surface area contributed by atoms with Gasteiger partial charge in [0.15, 0.2) is 0 Å². The molecule has 92 valence electrons. The molecule has 16 heavy (non-hydrogen) atoms. The quantitative estimate of drug-likeness (QED) is 0.660. The molecule has 0 aromatic carbocycles. The van der Waals surface area contributed by atoms with Gasteiger partial charge in [0.2, 0.25) is 0 Å². The molecule has 0 spiro atoms. The molecule has 0 bridgehead atoms. The van der Waals surface area contributed by atoms with Gasteiger partial charge in [-0.1, -0.05) is 12.2 Å². The zero-order chi connectivity index (χ0) is 12.0. The van der Waals surface area contributed by atoms with Crippen LogP contribution in [0.1, 0.15) is 0 Å². The van der Waals surface area contributed by atoms with Gasteiger partial charge in [-0.2, -0.15) is 17.0 Å². The Morgan fingerprint density at radius 1 is 1.19 bits per heavy atom. The lowest BCUT2D eigenvalue weighted by Crippen LogP contribution is -2.51. The lowest BCUT2D eigenvalue weighted by atomic mass is 10.4. The van der Waals surface area contributed by atoms with E-state index in [9.17, 15) is 8.42 Å². The molecular formula is C10H19N3O2S. The van der Waals surface area contributed by atoms with Crippen LogP contribution >= 0.6 is 0 Å². The molecule has 0 aromatic rings. The van der Waals surface area contributed by atoms with Crippen LogP contribution in [0.3, 0.4) is 0 Å². The molecule has 0 saturated carbocycles. The standard InChI is InChI=1S/C10H19N3O2S/c1-3-7-12(8-4-2)16(14,15)13-9-5-11-6-10-13/h3-4,11H,1-2,5-10H2. The van der Waals surface area contributed by atoms with Crippen LogP contribution in [-0.4, -0.2) is 56.3 Å². The number of piperazine rings is 1. The predicted octanol–water partition coefficient (Wildman–Crippen LogP) is -0.190. The summed E-state index contributed by atoms with van der Waals surface area (Å²) in [4.78, 5) is 0. The molecule has 0 atom stereocenters. The second-order valence-electron chi connectivity index (χ2n) is 3.55. The van der Waals surface area contributed by atoms with Crippen molar-refractivity contribution in [2.45, 2.75) is 0 Å². The highest BCUT2D eigenvalue weighted by atomic mass is 32.2. The van der Waals surface area contributed by atoms with E-state index in [1.54, 1.807) is 12.2 Å². The van der Waals surface area contributed by atoms with E-state index >= 15 is 0 Å². The Morgan fingerprint density at radius 2 is 1.69 bits per heavy atom. The third-order valence-corrected chi connectivity index (χ3v) is 4.36. The van der Waals surface area contributed by atoms with Gasteiger partial charge in [0.05, 0.1) is 0 Å². The minimum Gasteiger partial charge on any atom is -0.314 e. The number of nitrogens with one attached hydrogen (secondary N) is 1. The van der Waals surface area contributed by atoms with Gasteiger partial charge < -0.3 is 5.32 Å². The summed E-state index contributed by atoms with van der Waals surface area (Å²) in [5.74, 6) is 0. The van der Waals surface area contributed by atoms with E-state index in [1.165, 1.54) is 8.61 Å². The van der Waals surface area contributed by atoms with Crippen LogP contribution in [0.5, 0.6) is 0 Å². The van der Waals surface area contributed by atoms with Crippen molar-refractivity contribution < 1.29 is 8.42 Å². The summed E-state index contributed by atoms with van der Waals surface area (Å²) >= 11 is 0. The van der Waals surface area contributed by atoms with Crippen LogP contribution in [0.25, 0.3) is 0 Å². The van der Waals surface area contributed by atoms with Crippen molar-refractivity contribution >= 4 is 10.2 Å². The van der Waals surface area contributed by atoms with Crippen molar-refractivity contribution in [3.8, 4) is 0 Å². The van der Waals surface area contributed by atoms with Crippen LogP contribution in [0.4, 0.5) is 0 Å². The van der Waals surface area contributed by atoms with Gasteiger partial charge in [-0.3, -0.25) is 0 Å². The fraction of sp³-hybridized carbons (Fsp3) is 0.600. The van der Waals surface area contributed by atoms with E-state index in [0.717, 1.165) is 0 Å². The monoisotopic (exact) mass is 245 g/mol. The third-order valence-electron chi connectivity index (χ3n) is 2.39.